The van der Waals surface area contributed by atoms with Crippen molar-refractivity contribution in [3.63, 3.8) is 0 Å². The number of halogens is 3. The second kappa shape index (κ2) is 14.6. The number of thioether (sulfide) groups is 1. The summed E-state index contributed by atoms with van der Waals surface area (Å²) in [4.78, 5) is 56.2. The molecule has 0 saturated heterocycles. The number of alkyl halides is 3. The minimum absolute atomic E-state index is 0.0707. The highest BCUT2D eigenvalue weighted by atomic mass is 32.2. The van der Waals surface area contributed by atoms with Gasteiger partial charge in [-0.3, -0.25) is 24.2 Å². The van der Waals surface area contributed by atoms with Gasteiger partial charge >= 0.3 is 18.3 Å². The van der Waals surface area contributed by atoms with Crippen LogP contribution in [0.4, 0.5) is 18.9 Å². The van der Waals surface area contributed by atoms with Gasteiger partial charge in [0, 0.05) is 37.1 Å². The first-order chi connectivity index (χ1) is 19.5. The molecular weight excluding hydrogens is 569 g/mol. The number of ether oxygens (including phenoxy) is 2. The number of carbonyl (C=O) groups excluding carboxylic acids is 3. The molecule has 0 saturated carbocycles. The highest BCUT2D eigenvalue weighted by molar-refractivity contribution is 7.99. The lowest BCUT2D eigenvalue weighted by Crippen LogP contribution is -2.31. The first kappa shape index (κ1) is 30.9. The Balaban J connectivity index is 1.69. The third-order valence-corrected chi connectivity index (χ3v) is 6.20. The van der Waals surface area contributed by atoms with Crippen LogP contribution in [0.25, 0.3) is 0 Å². The molecule has 1 atom stereocenters. The number of hydrogen-bond acceptors (Lipinski definition) is 9. The molecule has 0 fully saturated rings. The number of carboxylic acids is 1. The van der Waals surface area contributed by atoms with E-state index in [1.165, 1.54) is 42.9 Å². The summed E-state index contributed by atoms with van der Waals surface area (Å²) in [6, 6.07) is 10.8. The molecule has 2 amide bonds. The number of aromatic nitrogens is 2. The maximum atomic E-state index is 13.0. The van der Waals surface area contributed by atoms with Crippen molar-refractivity contribution in [3.8, 4) is 5.75 Å². The molecule has 2 aromatic heterocycles. The van der Waals surface area contributed by atoms with Crippen molar-refractivity contribution in [1.29, 1.82) is 0 Å². The number of anilines is 1. The summed E-state index contributed by atoms with van der Waals surface area (Å²) in [7, 11) is 0. The lowest BCUT2D eigenvalue weighted by Gasteiger charge is -2.19. The number of amides is 2. The number of nitrogens with zero attached hydrogens (tertiary/aromatic N) is 2. The van der Waals surface area contributed by atoms with Gasteiger partial charge in [-0.2, -0.15) is 0 Å². The molecule has 3 rings (SSSR count). The van der Waals surface area contributed by atoms with Crippen molar-refractivity contribution in [2.24, 2.45) is 0 Å². The molecule has 11 nitrogen and oxygen atoms in total. The highest BCUT2D eigenvalue weighted by Gasteiger charge is 2.31. The fraction of sp³-hybridized carbons (Fsp3) is 0.231. The van der Waals surface area contributed by atoms with Gasteiger partial charge in [0.1, 0.15) is 16.1 Å². The zero-order chi connectivity index (χ0) is 29.8. The summed E-state index contributed by atoms with van der Waals surface area (Å²) in [5.74, 6) is -3.50. The van der Waals surface area contributed by atoms with Gasteiger partial charge in [-0.1, -0.05) is 11.8 Å². The molecule has 1 aromatic carbocycles. The monoisotopic (exact) mass is 592 g/mol. The van der Waals surface area contributed by atoms with Crippen molar-refractivity contribution < 1.29 is 46.9 Å². The van der Waals surface area contributed by atoms with Gasteiger partial charge in [0.15, 0.2) is 6.61 Å². The van der Waals surface area contributed by atoms with Crippen LogP contribution in [0.15, 0.2) is 72.1 Å². The first-order valence-corrected chi connectivity index (χ1v) is 12.7. The number of nitrogens with one attached hydrogen (secondary N) is 2. The Labute approximate surface area is 235 Å². The maximum Gasteiger partial charge on any atom is 0.573 e. The quantitative estimate of drug-likeness (QED) is 0.148. The average molecular weight is 593 g/mol. The summed E-state index contributed by atoms with van der Waals surface area (Å²) in [6.07, 6.45) is -0.719. The Hall–Kier alpha value is -4.66. The fourth-order valence-corrected chi connectivity index (χ4v) is 4.33. The van der Waals surface area contributed by atoms with Crippen LogP contribution < -0.4 is 15.4 Å². The van der Waals surface area contributed by atoms with Crippen LogP contribution in [-0.4, -0.2) is 51.8 Å². The molecule has 41 heavy (non-hydrogen) atoms. The molecule has 0 radical (unpaired) electrons. The SMILES string of the molecule is O=C(O)CCCC(=O)OCC(=O)NC(Sc1ncccc1C(=O)Nc1ccc(OC(F)(F)F)cc1)c1ccncc1. The minimum atomic E-state index is -4.85. The summed E-state index contributed by atoms with van der Waals surface area (Å²) in [5, 5.41) is 13.4. The van der Waals surface area contributed by atoms with Gasteiger partial charge in [-0.15, -0.1) is 13.2 Å². The second-order valence-corrected chi connectivity index (χ2v) is 9.23. The predicted molar refractivity (Wildman–Crippen MR) is 139 cm³/mol. The van der Waals surface area contributed by atoms with Gasteiger partial charge in [0.2, 0.25) is 0 Å². The molecule has 3 N–H and O–H groups in total. The molecule has 0 spiro atoms. The van der Waals surface area contributed by atoms with E-state index < -0.39 is 47.8 Å². The van der Waals surface area contributed by atoms with Crippen LogP contribution in [0.5, 0.6) is 5.75 Å². The van der Waals surface area contributed by atoms with E-state index in [0.29, 0.717) is 5.56 Å². The van der Waals surface area contributed by atoms with Crippen molar-refractivity contribution in [3.05, 3.63) is 78.2 Å². The normalized spacial score (nSPS) is 11.7. The Morgan fingerprint density at radius 1 is 0.976 bits per heavy atom. The van der Waals surface area contributed by atoms with E-state index in [1.54, 1.807) is 12.1 Å². The highest BCUT2D eigenvalue weighted by Crippen LogP contribution is 2.34. The number of pyridine rings is 2. The van der Waals surface area contributed by atoms with E-state index in [0.717, 1.165) is 23.9 Å². The first-order valence-electron chi connectivity index (χ1n) is 11.9. The molecule has 0 aliphatic carbocycles. The summed E-state index contributed by atoms with van der Waals surface area (Å²) >= 11 is 1.01. The zero-order valence-electron chi connectivity index (χ0n) is 21.1. The standard InChI is InChI=1S/C26H23F3N4O7S/c27-26(28,29)40-18-8-6-17(7-9-18)32-23(38)19-3-2-12-31-25(19)41-24(16-10-13-30-14-11-16)33-20(34)15-39-22(37)5-1-4-21(35)36/h2-3,6-14,24H,1,4-5,15H2,(H,32,38)(H,33,34)(H,35,36). The number of esters is 1. The number of carbonyl (C=O) groups is 4. The minimum Gasteiger partial charge on any atom is -0.481 e. The third-order valence-electron chi connectivity index (χ3n) is 5.03. The molecule has 2 heterocycles. The van der Waals surface area contributed by atoms with Crippen molar-refractivity contribution in [2.75, 3.05) is 11.9 Å². The number of rotatable bonds is 13. The topological polar surface area (TPSA) is 157 Å². The molecule has 0 aliphatic heterocycles. The number of aliphatic carboxylic acids is 1. The second-order valence-electron chi connectivity index (χ2n) is 8.14. The summed E-state index contributed by atoms with van der Waals surface area (Å²) < 4.78 is 45.9. The summed E-state index contributed by atoms with van der Waals surface area (Å²) in [5.41, 5.74) is 0.906. The predicted octanol–water partition coefficient (Wildman–Crippen LogP) is 4.33. The van der Waals surface area contributed by atoms with E-state index in [-0.39, 0.29) is 35.5 Å². The van der Waals surface area contributed by atoms with Crippen molar-refractivity contribution >= 4 is 41.2 Å². The maximum absolute atomic E-state index is 13.0. The van der Waals surface area contributed by atoms with Gasteiger partial charge in [-0.05, 0) is 60.5 Å². The Morgan fingerprint density at radius 3 is 2.34 bits per heavy atom. The Morgan fingerprint density at radius 2 is 1.68 bits per heavy atom. The van der Waals surface area contributed by atoms with Crippen LogP contribution in [-0.2, 0) is 19.1 Å². The van der Waals surface area contributed by atoms with Crippen molar-refractivity contribution in [1.82, 2.24) is 15.3 Å². The van der Waals surface area contributed by atoms with Gasteiger partial charge in [0.25, 0.3) is 11.8 Å². The van der Waals surface area contributed by atoms with Crippen molar-refractivity contribution in [2.45, 2.75) is 36.0 Å². The van der Waals surface area contributed by atoms with Crippen LogP contribution >= 0.6 is 11.8 Å². The Bertz CT molecular complexity index is 1360. The van der Waals surface area contributed by atoms with E-state index in [2.05, 4.69) is 25.3 Å². The fourth-order valence-electron chi connectivity index (χ4n) is 3.22. The Kier molecular flexibility index (Phi) is 11.0. The number of hydrogen-bond donors (Lipinski definition) is 3. The lowest BCUT2D eigenvalue weighted by atomic mass is 10.2. The van der Waals surface area contributed by atoms with E-state index in [1.807, 2.05) is 0 Å². The molecule has 1 unspecified atom stereocenters. The number of benzene rings is 1. The van der Waals surface area contributed by atoms with E-state index in [4.69, 9.17) is 9.84 Å². The molecule has 0 bridgehead atoms. The van der Waals surface area contributed by atoms with Crippen LogP contribution in [0, 0.1) is 0 Å². The van der Waals surface area contributed by atoms with Crippen LogP contribution in [0.1, 0.15) is 40.6 Å². The van der Waals surface area contributed by atoms with E-state index in [9.17, 15) is 32.3 Å². The molecular formula is C26H23F3N4O7S. The van der Waals surface area contributed by atoms with Gasteiger partial charge < -0.3 is 25.2 Å². The van der Waals surface area contributed by atoms with Gasteiger partial charge in [-0.25, -0.2) is 4.98 Å². The number of carboxylic acid groups (broad SMARTS) is 1. The smallest absolute Gasteiger partial charge is 0.481 e. The molecule has 15 heteroatoms. The van der Waals surface area contributed by atoms with Crippen LogP contribution in [0.2, 0.25) is 0 Å². The summed E-state index contributed by atoms with van der Waals surface area (Å²) in [6.45, 7) is -0.613. The third kappa shape index (κ3) is 10.8. The zero-order valence-corrected chi connectivity index (χ0v) is 21.9. The van der Waals surface area contributed by atoms with Gasteiger partial charge in [0.05, 0.1) is 5.56 Å². The van der Waals surface area contributed by atoms with E-state index >= 15 is 0 Å². The molecule has 0 aliphatic rings. The van der Waals surface area contributed by atoms with Crippen LogP contribution in [0.3, 0.4) is 0 Å². The average Bonchev–Trinajstić information content (AvgIpc) is 2.92. The molecule has 216 valence electrons. The molecule has 3 aromatic rings. The lowest BCUT2D eigenvalue weighted by molar-refractivity contribution is -0.274. The largest absolute Gasteiger partial charge is 0.573 e.